The number of unbranched alkanes of at least 4 members (excludes halogenated alkanes) is 1. The molecular formula is C11H24N2O3S. The molecule has 0 radical (unpaired) electrons. The van der Waals surface area contributed by atoms with Crippen molar-refractivity contribution in [3.8, 4) is 0 Å². The van der Waals surface area contributed by atoms with E-state index in [2.05, 4.69) is 0 Å². The van der Waals surface area contributed by atoms with Gasteiger partial charge in [-0.25, -0.2) is 8.42 Å². The van der Waals surface area contributed by atoms with Crippen molar-refractivity contribution in [3.63, 3.8) is 0 Å². The van der Waals surface area contributed by atoms with E-state index in [0.717, 1.165) is 32.1 Å². The summed E-state index contributed by atoms with van der Waals surface area (Å²) in [5, 5.41) is 9.01. The van der Waals surface area contributed by atoms with Gasteiger partial charge in [0.1, 0.15) is 0 Å². The lowest BCUT2D eigenvalue weighted by Gasteiger charge is -2.27. The van der Waals surface area contributed by atoms with Gasteiger partial charge in [0.25, 0.3) is 0 Å². The highest BCUT2D eigenvalue weighted by molar-refractivity contribution is 7.89. The maximum absolute atomic E-state index is 12.2. The predicted octanol–water partition coefficient (Wildman–Crippen LogP) is 0.292. The minimum Gasteiger partial charge on any atom is -0.395 e. The standard InChI is InChI=1S/C11H24N2O3S/c12-7-3-4-10-17(15,16)13(8-9-14)11-5-1-2-6-11/h11,14H,1-10,12H2. The largest absolute Gasteiger partial charge is 0.395 e. The number of aliphatic hydroxyl groups is 1. The van der Waals surface area contributed by atoms with Crippen LogP contribution in [0.25, 0.3) is 0 Å². The molecule has 0 aromatic carbocycles. The predicted molar refractivity (Wildman–Crippen MR) is 68.1 cm³/mol. The third kappa shape index (κ3) is 4.54. The van der Waals surface area contributed by atoms with Crippen LogP contribution in [0.5, 0.6) is 0 Å². The summed E-state index contributed by atoms with van der Waals surface area (Å²) in [7, 11) is -3.22. The minimum atomic E-state index is -3.22. The molecule has 5 nitrogen and oxygen atoms in total. The Morgan fingerprint density at radius 3 is 2.41 bits per heavy atom. The Morgan fingerprint density at radius 1 is 1.24 bits per heavy atom. The number of rotatable bonds is 8. The van der Waals surface area contributed by atoms with Gasteiger partial charge in [0.15, 0.2) is 0 Å². The lowest BCUT2D eigenvalue weighted by Crippen LogP contribution is -2.42. The Hall–Kier alpha value is -0.170. The van der Waals surface area contributed by atoms with Gasteiger partial charge < -0.3 is 10.8 Å². The van der Waals surface area contributed by atoms with Gasteiger partial charge in [-0.3, -0.25) is 0 Å². The number of hydrogen-bond donors (Lipinski definition) is 2. The van der Waals surface area contributed by atoms with E-state index < -0.39 is 10.0 Å². The first-order valence-corrected chi connectivity index (χ1v) is 8.03. The number of nitrogens with zero attached hydrogens (tertiary/aromatic N) is 1. The molecule has 1 saturated carbocycles. The van der Waals surface area contributed by atoms with Gasteiger partial charge in [-0.15, -0.1) is 0 Å². The normalized spacial score (nSPS) is 18.1. The molecule has 102 valence electrons. The van der Waals surface area contributed by atoms with Crippen molar-refractivity contribution in [2.75, 3.05) is 25.4 Å². The molecule has 1 rings (SSSR count). The SMILES string of the molecule is NCCCCS(=O)(=O)N(CCO)C1CCCC1. The third-order valence-electron chi connectivity index (χ3n) is 3.27. The van der Waals surface area contributed by atoms with Crippen LogP contribution in [0, 0.1) is 0 Å². The third-order valence-corrected chi connectivity index (χ3v) is 5.27. The maximum atomic E-state index is 12.2. The summed E-state index contributed by atoms with van der Waals surface area (Å²) in [5.74, 6) is 0.153. The van der Waals surface area contributed by atoms with Crippen molar-refractivity contribution >= 4 is 10.0 Å². The minimum absolute atomic E-state index is 0.102. The van der Waals surface area contributed by atoms with Crippen molar-refractivity contribution in [1.82, 2.24) is 4.31 Å². The fourth-order valence-electron chi connectivity index (χ4n) is 2.39. The Labute approximate surface area is 104 Å². The molecule has 6 heteroatoms. The van der Waals surface area contributed by atoms with Gasteiger partial charge in [0.2, 0.25) is 10.0 Å². The zero-order valence-corrected chi connectivity index (χ0v) is 11.2. The van der Waals surface area contributed by atoms with Gasteiger partial charge in [0, 0.05) is 12.6 Å². The molecule has 0 aliphatic heterocycles. The maximum Gasteiger partial charge on any atom is 0.214 e. The quantitative estimate of drug-likeness (QED) is 0.617. The second-order valence-corrected chi connectivity index (χ2v) is 6.63. The fourth-order valence-corrected chi connectivity index (χ4v) is 4.21. The second-order valence-electron chi connectivity index (χ2n) is 4.58. The number of hydrogen-bond acceptors (Lipinski definition) is 4. The zero-order valence-electron chi connectivity index (χ0n) is 10.3. The lowest BCUT2D eigenvalue weighted by molar-refractivity contribution is 0.226. The Morgan fingerprint density at radius 2 is 1.88 bits per heavy atom. The van der Waals surface area contributed by atoms with Crippen LogP contribution in [0.3, 0.4) is 0 Å². The van der Waals surface area contributed by atoms with Crippen LogP contribution in [0.1, 0.15) is 38.5 Å². The van der Waals surface area contributed by atoms with Crippen molar-refractivity contribution in [2.45, 2.75) is 44.6 Å². The van der Waals surface area contributed by atoms with Gasteiger partial charge >= 0.3 is 0 Å². The summed E-state index contributed by atoms with van der Waals surface area (Å²) in [4.78, 5) is 0. The molecule has 0 aromatic rings. The van der Waals surface area contributed by atoms with Crippen molar-refractivity contribution < 1.29 is 13.5 Å². The van der Waals surface area contributed by atoms with Crippen molar-refractivity contribution in [2.24, 2.45) is 5.73 Å². The van der Waals surface area contributed by atoms with E-state index in [1.54, 1.807) is 0 Å². The molecule has 0 heterocycles. The van der Waals surface area contributed by atoms with Crippen LogP contribution in [0.15, 0.2) is 0 Å². The Kier molecular flexibility index (Phi) is 6.40. The molecule has 0 aromatic heterocycles. The molecule has 0 bridgehead atoms. The van der Waals surface area contributed by atoms with Crippen LogP contribution in [0.2, 0.25) is 0 Å². The summed E-state index contributed by atoms with van der Waals surface area (Å²) < 4.78 is 25.8. The molecule has 1 fully saturated rings. The number of sulfonamides is 1. The van der Waals surface area contributed by atoms with Gasteiger partial charge in [-0.1, -0.05) is 12.8 Å². The van der Waals surface area contributed by atoms with Crippen molar-refractivity contribution in [1.29, 1.82) is 0 Å². The monoisotopic (exact) mass is 264 g/mol. The van der Waals surface area contributed by atoms with Crippen LogP contribution in [0.4, 0.5) is 0 Å². The fraction of sp³-hybridized carbons (Fsp3) is 1.00. The highest BCUT2D eigenvalue weighted by atomic mass is 32.2. The van der Waals surface area contributed by atoms with Crippen LogP contribution in [-0.2, 0) is 10.0 Å². The summed E-state index contributed by atoms with van der Waals surface area (Å²) in [5.41, 5.74) is 5.37. The van der Waals surface area contributed by atoms with E-state index in [1.807, 2.05) is 0 Å². The summed E-state index contributed by atoms with van der Waals surface area (Å²) in [6.07, 6.45) is 5.37. The first kappa shape index (κ1) is 14.9. The van der Waals surface area contributed by atoms with E-state index >= 15 is 0 Å². The van der Waals surface area contributed by atoms with Gasteiger partial charge in [0.05, 0.1) is 12.4 Å². The topological polar surface area (TPSA) is 83.6 Å². The molecule has 3 N–H and O–H groups in total. The van der Waals surface area contributed by atoms with E-state index in [-0.39, 0.29) is 24.9 Å². The average molecular weight is 264 g/mol. The van der Waals surface area contributed by atoms with Crippen LogP contribution in [-0.4, -0.2) is 49.3 Å². The molecule has 0 saturated heterocycles. The summed E-state index contributed by atoms with van der Waals surface area (Å²) in [6, 6.07) is 0.102. The zero-order chi connectivity index (χ0) is 12.7. The molecule has 1 aliphatic rings. The number of nitrogens with two attached hydrogens (primary N) is 1. The Bertz CT molecular complexity index is 300. The van der Waals surface area contributed by atoms with Crippen molar-refractivity contribution in [3.05, 3.63) is 0 Å². The first-order valence-electron chi connectivity index (χ1n) is 6.42. The van der Waals surface area contributed by atoms with Crippen LogP contribution >= 0.6 is 0 Å². The van der Waals surface area contributed by atoms with E-state index in [1.165, 1.54) is 4.31 Å². The lowest BCUT2D eigenvalue weighted by atomic mass is 10.2. The van der Waals surface area contributed by atoms with Gasteiger partial charge in [-0.2, -0.15) is 4.31 Å². The molecule has 0 spiro atoms. The molecule has 0 amide bonds. The van der Waals surface area contributed by atoms with E-state index in [0.29, 0.717) is 13.0 Å². The van der Waals surface area contributed by atoms with E-state index in [4.69, 9.17) is 10.8 Å². The molecular weight excluding hydrogens is 240 g/mol. The second kappa shape index (κ2) is 7.31. The first-order chi connectivity index (χ1) is 8.11. The molecule has 0 unspecified atom stereocenters. The highest BCUT2D eigenvalue weighted by Crippen LogP contribution is 2.25. The number of aliphatic hydroxyl groups excluding tert-OH is 1. The molecule has 17 heavy (non-hydrogen) atoms. The highest BCUT2D eigenvalue weighted by Gasteiger charge is 2.30. The Balaban J connectivity index is 2.60. The molecule has 1 aliphatic carbocycles. The summed E-state index contributed by atoms with van der Waals surface area (Å²) >= 11 is 0. The van der Waals surface area contributed by atoms with Crippen LogP contribution < -0.4 is 5.73 Å². The smallest absolute Gasteiger partial charge is 0.214 e. The van der Waals surface area contributed by atoms with E-state index in [9.17, 15) is 8.42 Å². The average Bonchev–Trinajstić information content (AvgIpc) is 2.79. The summed E-state index contributed by atoms with van der Waals surface area (Å²) in [6.45, 7) is 0.654. The van der Waals surface area contributed by atoms with Gasteiger partial charge in [-0.05, 0) is 32.2 Å². The molecule has 0 atom stereocenters.